The summed E-state index contributed by atoms with van der Waals surface area (Å²) in [4.78, 5) is 22.5. The first-order chi connectivity index (χ1) is 11.3. The van der Waals surface area contributed by atoms with Crippen LogP contribution in [0.15, 0.2) is 18.5 Å². The number of aromatic nitrogens is 2. The highest BCUT2D eigenvalue weighted by molar-refractivity contribution is 5.75. The second-order valence-corrected chi connectivity index (χ2v) is 6.71. The number of nitrogens with zero attached hydrogens (tertiary/aromatic N) is 3. The van der Waals surface area contributed by atoms with Gasteiger partial charge in [0.05, 0.1) is 12.7 Å². The van der Waals surface area contributed by atoms with E-state index in [2.05, 4.69) is 20.6 Å². The summed E-state index contributed by atoms with van der Waals surface area (Å²) in [6, 6.07) is 2.32. The van der Waals surface area contributed by atoms with Crippen LogP contribution >= 0.6 is 0 Å². The minimum atomic E-state index is 0.102. The van der Waals surface area contributed by atoms with Crippen molar-refractivity contribution in [2.24, 2.45) is 11.8 Å². The fourth-order valence-corrected chi connectivity index (χ4v) is 3.56. The van der Waals surface area contributed by atoms with Gasteiger partial charge in [-0.2, -0.15) is 0 Å². The average molecular weight is 317 g/mol. The van der Waals surface area contributed by atoms with Crippen LogP contribution in [0.2, 0.25) is 0 Å². The second kappa shape index (κ2) is 6.31. The van der Waals surface area contributed by atoms with Gasteiger partial charge in [-0.25, -0.2) is 14.8 Å². The van der Waals surface area contributed by atoms with E-state index < -0.39 is 0 Å². The van der Waals surface area contributed by atoms with E-state index in [4.69, 9.17) is 4.74 Å². The molecular weight excluding hydrogens is 294 g/mol. The summed E-state index contributed by atoms with van der Waals surface area (Å²) in [5, 5.41) is 6.33. The van der Waals surface area contributed by atoms with Gasteiger partial charge in [0.1, 0.15) is 0 Å². The van der Waals surface area contributed by atoms with Crippen LogP contribution in [-0.2, 0) is 4.74 Å². The highest BCUT2D eigenvalue weighted by Crippen LogP contribution is 2.34. The second-order valence-electron chi connectivity index (χ2n) is 6.71. The third-order valence-electron chi connectivity index (χ3n) is 5.01. The largest absolute Gasteiger partial charge is 0.376 e. The topological polar surface area (TPSA) is 79.4 Å². The maximum atomic E-state index is 12.2. The summed E-state index contributed by atoms with van der Waals surface area (Å²) in [5.41, 5.74) is 0. The van der Waals surface area contributed by atoms with Crippen molar-refractivity contribution in [3.8, 4) is 0 Å². The van der Waals surface area contributed by atoms with Crippen LogP contribution in [0.4, 0.5) is 10.7 Å². The van der Waals surface area contributed by atoms with Crippen molar-refractivity contribution in [1.82, 2.24) is 20.2 Å². The van der Waals surface area contributed by atoms with E-state index in [1.165, 1.54) is 0 Å². The van der Waals surface area contributed by atoms with Gasteiger partial charge in [-0.3, -0.25) is 0 Å². The Balaban J connectivity index is 1.28. The molecule has 2 N–H and O–H groups in total. The minimum Gasteiger partial charge on any atom is -0.376 e. The van der Waals surface area contributed by atoms with Crippen LogP contribution in [0.25, 0.3) is 0 Å². The van der Waals surface area contributed by atoms with Gasteiger partial charge >= 0.3 is 6.03 Å². The summed E-state index contributed by atoms with van der Waals surface area (Å²) < 4.78 is 5.97. The Labute approximate surface area is 135 Å². The lowest BCUT2D eigenvalue weighted by Gasteiger charge is -2.35. The third-order valence-corrected chi connectivity index (χ3v) is 5.01. The summed E-state index contributed by atoms with van der Waals surface area (Å²) in [6.07, 6.45) is 6.89. The fraction of sp³-hybridized carbons (Fsp3) is 0.688. The van der Waals surface area contributed by atoms with Crippen LogP contribution < -0.4 is 10.6 Å². The Kier molecular flexibility index (Phi) is 4.03. The van der Waals surface area contributed by atoms with Gasteiger partial charge in [0.15, 0.2) is 0 Å². The standard InChI is InChI=1S/C16H23N5O2/c22-16(20-12-2-3-12)21-7-4-13-11(9-21)10-23-14(13)8-19-15-17-5-1-6-18-15/h1,5-6,11-14H,2-4,7-10H2,(H,20,22)(H,17,18,19)/t11-,13-,14+/m0/s1. The first kappa shape index (κ1) is 14.7. The maximum Gasteiger partial charge on any atom is 0.317 e. The van der Waals surface area contributed by atoms with E-state index in [-0.39, 0.29) is 12.1 Å². The molecule has 7 nitrogen and oxygen atoms in total. The highest BCUT2D eigenvalue weighted by Gasteiger charge is 2.42. The van der Waals surface area contributed by atoms with Gasteiger partial charge in [0, 0.05) is 44.0 Å². The molecule has 7 heteroatoms. The maximum absolute atomic E-state index is 12.2. The van der Waals surface area contributed by atoms with Gasteiger partial charge in [-0.15, -0.1) is 0 Å². The number of piperidine rings is 1. The lowest BCUT2D eigenvalue weighted by Crippen LogP contribution is -2.49. The Morgan fingerprint density at radius 2 is 2.13 bits per heavy atom. The zero-order chi connectivity index (χ0) is 15.6. The van der Waals surface area contributed by atoms with Crippen LogP contribution in [0.5, 0.6) is 0 Å². The highest BCUT2D eigenvalue weighted by atomic mass is 16.5. The number of ether oxygens (including phenoxy) is 1. The van der Waals surface area contributed by atoms with E-state index in [1.54, 1.807) is 18.5 Å². The smallest absolute Gasteiger partial charge is 0.317 e. The monoisotopic (exact) mass is 317 g/mol. The Hall–Kier alpha value is -1.89. The number of urea groups is 1. The molecule has 0 spiro atoms. The van der Waals surface area contributed by atoms with Crippen molar-refractivity contribution in [1.29, 1.82) is 0 Å². The van der Waals surface area contributed by atoms with Gasteiger partial charge < -0.3 is 20.3 Å². The van der Waals surface area contributed by atoms with Crippen molar-refractivity contribution in [3.63, 3.8) is 0 Å². The minimum absolute atomic E-state index is 0.102. The molecule has 2 saturated heterocycles. The van der Waals surface area contributed by atoms with Crippen LogP contribution in [0.1, 0.15) is 19.3 Å². The molecule has 23 heavy (non-hydrogen) atoms. The molecule has 0 bridgehead atoms. The SMILES string of the molecule is O=C(NC1CC1)N1CC[C@H]2[C@H](CO[C@@H]2CNc2ncccn2)C1. The Bertz CT molecular complexity index is 551. The number of carbonyl (C=O) groups excluding carboxylic acids is 1. The van der Waals surface area contributed by atoms with E-state index >= 15 is 0 Å². The zero-order valence-corrected chi connectivity index (χ0v) is 13.1. The molecule has 2 amide bonds. The fourth-order valence-electron chi connectivity index (χ4n) is 3.56. The molecule has 0 unspecified atom stereocenters. The first-order valence-corrected chi connectivity index (χ1v) is 8.47. The molecule has 0 radical (unpaired) electrons. The quantitative estimate of drug-likeness (QED) is 0.869. The number of anilines is 1. The van der Waals surface area contributed by atoms with Gasteiger partial charge in [-0.05, 0) is 31.2 Å². The molecule has 0 aromatic carbocycles. The van der Waals surface area contributed by atoms with Gasteiger partial charge in [0.25, 0.3) is 0 Å². The molecule has 1 saturated carbocycles. The Morgan fingerprint density at radius 3 is 2.91 bits per heavy atom. The Morgan fingerprint density at radius 1 is 1.30 bits per heavy atom. The third kappa shape index (κ3) is 3.39. The predicted molar refractivity (Wildman–Crippen MR) is 85.0 cm³/mol. The molecular formula is C16H23N5O2. The van der Waals surface area contributed by atoms with Crippen molar-refractivity contribution < 1.29 is 9.53 Å². The number of fused-ring (bicyclic) bond motifs is 1. The first-order valence-electron chi connectivity index (χ1n) is 8.47. The summed E-state index contributed by atoms with van der Waals surface area (Å²) in [7, 11) is 0. The van der Waals surface area contributed by atoms with Crippen molar-refractivity contribution in [3.05, 3.63) is 18.5 Å². The van der Waals surface area contributed by atoms with E-state index in [9.17, 15) is 4.79 Å². The molecule has 2 aliphatic heterocycles. The van der Waals surface area contributed by atoms with Crippen LogP contribution in [-0.4, -0.2) is 59.3 Å². The molecule has 3 aliphatic rings. The normalized spacial score (nSPS) is 29.9. The molecule has 4 rings (SSSR count). The van der Waals surface area contributed by atoms with E-state index in [0.29, 0.717) is 23.8 Å². The molecule has 1 aromatic heterocycles. The molecule has 3 fully saturated rings. The van der Waals surface area contributed by atoms with E-state index in [0.717, 1.165) is 45.5 Å². The zero-order valence-electron chi connectivity index (χ0n) is 13.1. The van der Waals surface area contributed by atoms with Crippen LogP contribution in [0, 0.1) is 11.8 Å². The number of hydrogen-bond donors (Lipinski definition) is 2. The van der Waals surface area contributed by atoms with Gasteiger partial charge in [-0.1, -0.05) is 0 Å². The lowest BCUT2D eigenvalue weighted by molar-refractivity contribution is 0.0966. The molecule has 3 atom stereocenters. The number of likely N-dealkylation sites (tertiary alicyclic amines) is 1. The number of rotatable bonds is 4. The number of carbonyl (C=O) groups is 1. The van der Waals surface area contributed by atoms with E-state index in [1.807, 2.05) is 4.90 Å². The lowest BCUT2D eigenvalue weighted by atomic mass is 9.84. The molecule has 3 heterocycles. The molecule has 124 valence electrons. The number of amides is 2. The number of hydrogen-bond acceptors (Lipinski definition) is 5. The van der Waals surface area contributed by atoms with Crippen molar-refractivity contribution >= 4 is 12.0 Å². The summed E-state index contributed by atoms with van der Waals surface area (Å²) >= 11 is 0. The van der Waals surface area contributed by atoms with Crippen molar-refractivity contribution in [2.45, 2.75) is 31.4 Å². The van der Waals surface area contributed by atoms with Crippen molar-refractivity contribution in [2.75, 3.05) is 31.6 Å². The summed E-state index contributed by atoms with van der Waals surface area (Å²) in [6.45, 7) is 3.09. The predicted octanol–water partition coefficient (Wildman–Crippen LogP) is 1.10. The van der Waals surface area contributed by atoms with Crippen LogP contribution in [0.3, 0.4) is 0 Å². The molecule has 1 aliphatic carbocycles. The average Bonchev–Trinajstić information content (AvgIpc) is 3.31. The van der Waals surface area contributed by atoms with Gasteiger partial charge in [0.2, 0.25) is 5.95 Å². The summed E-state index contributed by atoms with van der Waals surface area (Å²) in [5.74, 6) is 1.59. The number of nitrogens with one attached hydrogen (secondary N) is 2. The molecule has 1 aromatic rings.